The van der Waals surface area contributed by atoms with Gasteiger partial charge in [0.25, 0.3) is 0 Å². The molecular weight excluding hydrogens is 293 g/mol. The van der Waals surface area contributed by atoms with Gasteiger partial charge in [0.05, 0.1) is 23.9 Å². The summed E-state index contributed by atoms with van der Waals surface area (Å²) in [5.74, 6) is 0.754. The molecule has 0 amide bonds. The van der Waals surface area contributed by atoms with Crippen LogP contribution in [0.25, 0.3) is 0 Å². The van der Waals surface area contributed by atoms with Gasteiger partial charge >= 0.3 is 7.12 Å². The quantitative estimate of drug-likeness (QED) is 0.782. The molecule has 0 aliphatic carbocycles. The van der Waals surface area contributed by atoms with Crippen LogP contribution in [0.5, 0.6) is 0 Å². The summed E-state index contributed by atoms with van der Waals surface area (Å²) in [6, 6.07) is 0.364. The number of aromatic nitrogens is 2. The number of hydrogen-bond donors (Lipinski definition) is 0. The Morgan fingerprint density at radius 1 is 1.22 bits per heavy atom. The first-order chi connectivity index (χ1) is 10.8. The summed E-state index contributed by atoms with van der Waals surface area (Å²) < 4.78 is 17.4. The molecule has 2 fully saturated rings. The summed E-state index contributed by atoms with van der Waals surface area (Å²) in [6.07, 6.45) is 5.89. The monoisotopic (exact) mass is 319 g/mol. The third-order valence-electron chi connectivity index (χ3n) is 5.18. The van der Waals surface area contributed by atoms with Crippen molar-refractivity contribution in [3.63, 3.8) is 0 Å². The molecule has 2 aliphatic heterocycles. The second kappa shape index (κ2) is 6.04. The van der Waals surface area contributed by atoms with Gasteiger partial charge in [-0.25, -0.2) is 9.97 Å². The Kier molecular flexibility index (Phi) is 4.38. The van der Waals surface area contributed by atoms with Crippen LogP contribution in [-0.4, -0.2) is 54.6 Å². The Morgan fingerprint density at radius 2 is 1.83 bits per heavy atom. The lowest BCUT2D eigenvalue weighted by Crippen LogP contribution is -2.41. The predicted octanol–water partition coefficient (Wildman–Crippen LogP) is 1.39. The van der Waals surface area contributed by atoms with Gasteiger partial charge in [0.2, 0.25) is 5.95 Å². The molecule has 126 valence electrons. The zero-order valence-electron chi connectivity index (χ0n) is 14.7. The highest BCUT2D eigenvalue weighted by atomic mass is 16.7. The summed E-state index contributed by atoms with van der Waals surface area (Å²) in [5.41, 5.74) is 0.152. The molecule has 3 heterocycles. The molecule has 0 N–H and O–H groups in total. The van der Waals surface area contributed by atoms with Gasteiger partial charge in [-0.2, -0.15) is 0 Å². The minimum Gasteiger partial charge on any atom is -0.399 e. The molecule has 0 aromatic carbocycles. The Hall–Kier alpha value is -1.18. The van der Waals surface area contributed by atoms with Crippen molar-refractivity contribution in [2.45, 2.75) is 57.8 Å². The van der Waals surface area contributed by atoms with Gasteiger partial charge in [-0.15, -0.1) is 0 Å². The first kappa shape index (κ1) is 16.7. The fourth-order valence-corrected chi connectivity index (χ4v) is 3.05. The van der Waals surface area contributed by atoms with E-state index in [1.54, 1.807) is 7.11 Å². The van der Waals surface area contributed by atoms with E-state index in [1.807, 2.05) is 40.1 Å². The van der Waals surface area contributed by atoms with Gasteiger partial charge in [0.15, 0.2) is 0 Å². The molecule has 2 saturated heterocycles. The van der Waals surface area contributed by atoms with E-state index in [0.717, 1.165) is 30.8 Å². The van der Waals surface area contributed by atoms with Crippen molar-refractivity contribution in [2.24, 2.45) is 0 Å². The van der Waals surface area contributed by atoms with Crippen LogP contribution < -0.4 is 10.4 Å². The van der Waals surface area contributed by atoms with E-state index in [-0.39, 0.29) is 11.2 Å². The van der Waals surface area contributed by atoms with Crippen LogP contribution >= 0.6 is 0 Å². The van der Waals surface area contributed by atoms with Crippen molar-refractivity contribution < 1.29 is 14.0 Å². The number of ether oxygens (including phenoxy) is 1. The van der Waals surface area contributed by atoms with E-state index in [2.05, 4.69) is 14.9 Å². The van der Waals surface area contributed by atoms with Gasteiger partial charge in [-0.3, -0.25) is 0 Å². The molecule has 0 spiro atoms. The molecule has 1 atom stereocenters. The minimum atomic E-state index is -0.414. The lowest BCUT2D eigenvalue weighted by atomic mass is 9.81. The highest BCUT2D eigenvalue weighted by Crippen LogP contribution is 2.36. The Labute approximate surface area is 138 Å². The average Bonchev–Trinajstić information content (AvgIpc) is 3.02. The molecule has 0 radical (unpaired) electrons. The van der Waals surface area contributed by atoms with Crippen LogP contribution in [0.4, 0.5) is 5.95 Å². The Bertz CT molecular complexity index is 534. The molecule has 0 bridgehead atoms. The van der Waals surface area contributed by atoms with E-state index in [0.29, 0.717) is 12.6 Å². The second-order valence-corrected chi connectivity index (χ2v) is 7.35. The van der Waals surface area contributed by atoms with Crippen LogP contribution in [-0.2, 0) is 14.0 Å². The lowest BCUT2D eigenvalue weighted by Gasteiger charge is -2.32. The van der Waals surface area contributed by atoms with Crippen molar-refractivity contribution in [3.8, 4) is 0 Å². The Balaban J connectivity index is 1.73. The number of rotatable bonds is 4. The maximum absolute atomic E-state index is 6.04. The van der Waals surface area contributed by atoms with Crippen molar-refractivity contribution in [1.82, 2.24) is 9.97 Å². The van der Waals surface area contributed by atoms with Gasteiger partial charge < -0.3 is 18.9 Å². The average molecular weight is 319 g/mol. The zero-order chi connectivity index (χ0) is 16.7. The largest absolute Gasteiger partial charge is 0.498 e. The molecule has 0 unspecified atom stereocenters. The predicted molar refractivity (Wildman–Crippen MR) is 90.0 cm³/mol. The molecular formula is C16H26BN3O3. The summed E-state index contributed by atoms with van der Waals surface area (Å²) in [6.45, 7) is 9.86. The van der Waals surface area contributed by atoms with E-state index >= 15 is 0 Å². The number of anilines is 1. The van der Waals surface area contributed by atoms with Crippen LogP contribution in [0.15, 0.2) is 12.4 Å². The number of nitrogens with zero attached hydrogens (tertiary/aromatic N) is 3. The molecule has 6 nitrogen and oxygen atoms in total. The molecule has 7 heteroatoms. The van der Waals surface area contributed by atoms with Crippen LogP contribution in [0.3, 0.4) is 0 Å². The van der Waals surface area contributed by atoms with Gasteiger partial charge in [-0.05, 0) is 40.5 Å². The molecule has 2 aliphatic rings. The molecule has 3 rings (SSSR count). The standard InChI is InChI=1S/C16H26BN3O3/c1-15(2)16(3,4)23-17(22-15)12-9-18-14(19-10-12)20-8-6-7-13(20)11-21-5/h9-10,13H,6-8,11H2,1-5H3/t13-/m0/s1. The molecule has 23 heavy (non-hydrogen) atoms. The third kappa shape index (κ3) is 3.10. The molecule has 1 aromatic rings. The minimum absolute atomic E-state index is 0.352. The lowest BCUT2D eigenvalue weighted by molar-refractivity contribution is 0.00578. The summed E-state index contributed by atoms with van der Waals surface area (Å²) in [5, 5.41) is 0. The van der Waals surface area contributed by atoms with Crippen LogP contribution in [0, 0.1) is 0 Å². The van der Waals surface area contributed by atoms with Crippen molar-refractivity contribution in [1.29, 1.82) is 0 Å². The van der Waals surface area contributed by atoms with E-state index in [4.69, 9.17) is 14.0 Å². The summed E-state index contributed by atoms with van der Waals surface area (Å²) in [7, 11) is 1.32. The maximum Gasteiger partial charge on any atom is 0.498 e. The van der Waals surface area contributed by atoms with Gasteiger partial charge in [0.1, 0.15) is 0 Å². The van der Waals surface area contributed by atoms with E-state index < -0.39 is 7.12 Å². The second-order valence-electron chi connectivity index (χ2n) is 7.35. The topological polar surface area (TPSA) is 56.7 Å². The van der Waals surface area contributed by atoms with Crippen molar-refractivity contribution in [2.75, 3.05) is 25.2 Å². The van der Waals surface area contributed by atoms with Crippen molar-refractivity contribution in [3.05, 3.63) is 12.4 Å². The number of methoxy groups -OCH3 is 1. The Morgan fingerprint density at radius 3 is 2.39 bits per heavy atom. The van der Waals surface area contributed by atoms with Crippen LogP contribution in [0.2, 0.25) is 0 Å². The molecule has 1 aromatic heterocycles. The fraction of sp³-hybridized carbons (Fsp3) is 0.750. The van der Waals surface area contributed by atoms with Gasteiger partial charge in [-0.1, -0.05) is 0 Å². The van der Waals surface area contributed by atoms with Gasteiger partial charge in [0, 0.05) is 31.5 Å². The van der Waals surface area contributed by atoms with E-state index in [1.165, 1.54) is 0 Å². The highest BCUT2D eigenvalue weighted by molar-refractivity contribution is 6.61. The van der Waals surface area contributed by atoms with Crippen molar-refractivity contribution >= 4 is 18.5 Å². The number of hydrogen-bond acceptors (Lipinski definition) is 6. The summed E-state index contributed by atoms with van der Waals surface area (Å²) >= 11 is 0. The first-order valence-electron chi connectivity index (χ1n) is 8.27. The fourth-order valence-electron chi connectivity index (χ4n) is 3.05. The first-order valence-corrected chi connectivity index (χ1v) is 8.27. The smallest absolute Gasteiger partial charge is 0.399 e. The summed E-state index contributed by atoms with van der Waals surface area (Å²) in [4.78, 5) is 11.3. The normalized spacial score (nSPS) is 26.0. The highest BCUT2D eigenvalue weighted by Gasteiger charge is 2.52. The van der Waals surface area contributed by atoms with E-state index in [9.17, 15) is 0 Å². The van der Waals surface area contributed by atoms with Crippen LogP contribution in [0.1, 0.15) is 40.5 Å². The maximum atomic E-state index is 6.04. The zero-order valence-corrected chi connectivity index (χ0v) is 14.7. The SMILES string of the molecule is COC[C@@H]1CCCN1c1ncc(B2OC(C)(C)C(C)(C)O2)cn1. The molecule has 0 saturated carbocycles. The third-order valence-corrected chi connectivity index (χ3v) is 5.18.